The number of aromatic nitrogens is 5. The van der Waals surface area contributed by atoms with Crippen molar-refractivity contribution in [3.05, 3.63) is 81.7 Å². The first-order chi connectivity index (χ1) is 17.0. The molecule has 1 aliphatic heterocycles. The van der Waals surface area contributed by atoms with Crippen molar-refractivity contribution in [2.75, 3.05) is 44.8 Å². The van der Waals surface area contributed by atoms with Gasteiger partial charge in [-0.05, 0) is 64.7 Å². The van der Waals surface area contributed by atoms with E-state index in [-0.39, 0.29) is 11.4 Å². The Balaban J connectivity index is 1.50. The molecule has 1 aliphatic rings. The quantitative estimate of drug-likeness (QED) is 0.437. The Morgan fingerprint density at radius 1 is 1.09 bits per heavy atom. The van der Waals surface area contributed by atoms with E-state index >= 15 is 0 Å². The number of aromatic amines is 1. The molecule has 1 fully saturated rings. The minimum Gasteiger partial charge on any atom is -0.383 e. The molecule has 0 spiro atoms. The van der Waals surface area contributed by atoms with Gasteiger partial charge >= 0.3 is 0 Å². The number of hydrogen-bond acceptors (Lipinski definition) is 7. The van der Waals surface area contributed by atoms with E-state index in [1.807, 2.05) is 31.2 Å². The molecule has 0 radical (unpaired) electrons. The molecule has 0 saturated carbocycles. The number of piperazine rings is 1. The normalized spacial score (nSPS) is 15.6. The van der Waals surface area contributed by atoms with Gasteiger partial charge in [-0.2, -0.15) is 0 Å². The first-order valence-electron chi connectivity index (χ1n) is 11.7. The van der Waals surface area contributed by atoms with Crippen molar-refractivity contribution < 1.29 is 9.13 Å². The van der Waals surface area contributed by atoms with Gasteiger partial charge in [0, 0.05) is 50.1 Å². The highest BCUT2D eigenvalue weighted by atomic mass is 19.1. The standard InChI is InChI=1S/C25H28FN7O2/c1-17-3-4-18-16-21(25(34)27-22(18)15-17)23(24-28-29-30-33(24)13-14-35-2)32-11-9-31(10-12-32)20-7-5-19(26)6-8-20/h3-8,15-16,23H,9-14H2,1-2H3,(H,27,34)/t23-/m0/s1. The molecule has 9 nitrogen and oxygen atoms in total. The van der Waals surface area contributed by atoms with Crippen LogP contribution in [0.5, 0.6) is 0 Å². The van der Waals surface area contributed by atoms with Gasteiger partial charge in [0.1, 0.15) is 11.9 Å². The van der Waals surface area contributed by atoms with Crippen LogP contribution in [0.3, 0.4) is 0 Å². The molecule has 1 N–H and O–H groups in total. The fourth-order valence-electron chi connectivity index (χ4n) is 4.67. The number of anilines is 1. The molecule has 1 saturated heterocycles. The summed E-state index contributed by atoms with van der Waals surface area (Å²) in [5, 5.41) is 13.4. The van der Waals surface area contributed by atoms with Crippen LogP contribution in [0, 0.1) is 12.7 Å². The monoisotopic (exact) mass is 477 g/mol. The number of methoxy groups -OCH3 is 1. The smallest absolute Gasteiger partial charge is 0.253 e. The van der Waals surface area contributed by atoms with E-state index < -0.39 is 6.04 Å². The average molecular weight is 478 g/mol. The Labute approximate surface area is 202 Å². The Kier molecular flexibility index (Phi) is 6.56. The molecule has 4 aromatic rings. The third-order valence-corrected chi connectivity index (χ3v) is 6.51. The molecule has 0 unspecified atom stereocenters. The van der Waals surface area contributed by atoms with Crippen LogP contribution in [0.25, 0.3) is 10.9 Å². The lowest BCUT2D eigenvalue weighted by molar-refractivity contribution is 0.171. The molecule has 0 aliphatic carbocycles. The zero-order valence-corrected chi connectivity index (χ0v) is 19.8. The summed E-state index contributed by atoms with van der Waals surface area (Å²) in [6.07, 6.45) is 0. The second kappa shape index (κ2) is 9.93. The molecule has 5 rings (SSSR count). The molecule has 1 atom stereocenters. The van der Waals surface area contributed by atoms with E-state index in [1.165, 1.54) is 12.1 Å². The van der Waals surface area contributed by atoms with Crippen LogP contribution in [0.15, 0.2) is 53.3 Å². The maximum Gasteiger partial charge on any atom is 0.253 e. The summed E-state index contributed by atoms with van der Waals surface area (Å²) < 4.78 is 20.3. The molecule has 0 bridgehead atoms. The van der Waals surface area contributed by atoms with Crippen molar-refractivity contribution in [2.24, 2.45) is 0 Å². The van der Waals surface area contributed by atoms with E-state index in [0.717, 1.165) is 35.2 Å². The molecule has 10 heteroatoms. The lowest BCUT2D eigenvalue weighted by Gasteiger charge is -2.39. The van der Waals surface area contributed by atoms with Crippen LogP contribution in [0.2, 0.25) is 0 Å². The highest BCUT2D eigenvalue weighted by molar-refractivity contribution is 5.79. The number of rotatable bonds is 7. The van der Waals surface area contributed by atoms with Gasteiger partial charge in [-0.25, -0.2) is 9.07 Å². The highest BCUT2D eigenvalue weighted by Crippen LogP contribution is 2.29. The second-order valence-electron chi connectivity index (χ2n) is 8.80. The molecule has 182 valence electrons. The van der Waals surface area contributed by atoms with Crippen LogP contribution in [0.4, 0.5) is 10.1 Å². The van der Waals surface area contributed by atoms with Crippen molar-refractivity contribution in [2.45, 2.75) is 19.5 Å². The topological polar surface area (TPSA) is 92.2 Å². The Morgan fingerprint density at radius 3 is 2.60 bits per heavy atom. The Hall–Kier alpha value is -3.63. The van der Waals surface area contributed by atoms with Crippen LogP contribution >= 0.6 is 0 Å². The molecule has 35 heavy (non-hydrogen) atoms. The number of tetrazole rings is 1. The third kappa shape index (κ3) is 4.80. The van der Waals surface area contributed by atoms with Crippen molar-refractivity contribution >= 4 is 16.6 Å². The lowest BCUT2D eigenvalue weighted by Crippen LogP contribution is -2.49. The van der Waals surface area contributed by atoms with Gasteiger partial charge in [0.05, 0.1) is 13.2 Å². The molecule has 3 heterocycles. The number of hydrogen-bond donors (Lipinski definition) is 1. The summed E-state index contributed by atoms with van der Waals surface area (Å²) in [5.74, 6) is 0.357. The van der Waals surface area contributed by atoms with E-state index in [4.69, 9.17) is 4.74 Å². The summed E-state index contributed by atoms with van der Waals surface area (Å²) in [7, 11) is 1.63. The van der Waals surface area contributed by atoms with Crippen molar-refractivity contribution in [3.8, 4) is 0 Å². The summed E-state index contributed by atoms with van der Waals surface area (Å²) in [6, 6.07) is 14.1. The van der Waals surface area contributed by atoms with Crippen LogP contribution in [0.1, 0.15) is 23.0 Å². The first-order valence-corrected chi connectivity index (χ1v) is 11.7. The molecule has 2 aromatic carbocycles. The van der Waals surface area contributed by atoms with Crippen LogP contribution < -0.4 is 10.5 Å². The second-order valence-corrected chi connectivity index (χ2v) is 8.80. The summed E-state index contributed by atoms with van der Waals surface area (Å²) in [4.78, 5) is 20.8. The SMILES string of the molecule is COCCn1nnnc1[C@H](c1cc2ccc(C)cc2[nH]c1=O)N1CCN(c2ccc(F)cc2)CC1. The minimum absolute atomic E-state index is 0.157. The number of H-pyrrole nitrogens is 1. The number of pyridine rings is 1. The van der Waals surface area contributed by atoms with Gasteiger partial charge in [-0.1, -0.05) is 12.1 Å². The Bertz CT molecular complexity index is 1360. The number of benzene rings is 2. The van der Waals surface area contributed by atoms with Crippen molar-refractivity contribution in [1.82, 2.24) is 30.1 Å². The van der Waals surface area contributed by atoms with Gasteiger partial charge in [-0.3, -0.25) is 9.69 Å². The first kappa shape index (κ1) is 23.1. The number of fused-ring (bicyclic) bond motifs is 1. The highest BCUT2D eigenvalue weighted by Gasteiger charge is 2.32. The van der Waals surface area contributed by atoms with Gasteiger partial charge in [0.25, 0.3) is 5.56 Å². The largest absolute Gasteiger partial charge is 0.383 e. The van der Waals surface area contributed by atoms with E-state index in [0.29, 0.717) is 37.6 Å². The van der Waals surface area contributed by atoms with E-state index in [2.05, 4.69) is 30.3 Å². The number of nitrogens with one attached hydrogen (secondary N) is 1. The fourth-order valence-corrected chi connectivity index (χ4v) is 4.67. The predicted molar refractivity (Wildman–Crippen MR) is 131 cm³/mol. The number of nitrogens with zero attached hydrogens (tertiary/aromatic N) is 6. The number of halogens is 1. The Morgan fingerprint density at radius 2 is 1.86 bits per heavy atom. The zero-order valence-electron chi connectivity index (χ0n) is 19.8. The predicted octanol–water partition coefficient (Wildman–Crippen LogP) is 2.52. The maximum atomic E-state index is 13.4. The lowest BCUT2D eigenvalue weighted by atomic mass is 10.0. The summed E-state index contributed by atoms with van der Waals surface area (Å²) >= 11 is 0. The zero-order chi connectivity index (χ0) is 24.4. The molecular formula is C25H28FN7O2. The molecular weight excluding hydrogens is 449 g/mol. The number of ether oxygens (including phenoxy) is 1. The molecule has 0 amide bonds. The van der Waals surface area contributed by atoms with E-state index in [9.17, 15) is 9.18 Å². The molecule has 2 aromatic heterocycles. The average Bonchev–Trinajstić information content (AvgIpc) is 3.32. The fraction of sp³-hybridized carbons (Fsp3) is 0.360. The third-order valence-electron chi connectivity index (χ3n) is 6.51. The van der Waals surface area contributed by atoms with Gasteiger partial charge in [0.15, 0.2) is 5.82 Å². The van der Waals surface area contributed by atoms with E-state index in [1.54, 1.807) is 23.9 Å². The van der Waals surface area contributed by atoms with Crippen molar-refractivity contribution in [1.29, 1.82) is 0 Å². The van der Waals surface area contributed by atoms with Gasteiger partial charge in [0.2, 0.25) is 0 Å². The maximum absolute atomic E-state index is 13.4. The van der Waals surface area contributed by atoms with Crippen molar-refractivity contribution in [3.63, 3.8) is 0 Å². The minimum atomic E-state index is -0.424. The van der Waals surface area contributed by atoms with Crippen LogP contribution in [-0.4, -0.2) is 70.0 Å². The summed E-state index contributed by atoms with van der Waals surface area (Å²) in [5.41, 5.74) is 3.31. The number of aryl methyl sites for hydroxylation is 1. The van der Waals surface area contributed by atoms with Gasteiger partial charge in [-0.15, -0.1) is 5.10 Å². The van der Waals surface area contributed by atoms with Crippen LogP contribution in [-0.2, 0) is 11.3 Å². The van der Waals surface area contributed by atoms with Gasteiger partial charge < -0.3 is 14.6 Å². The summed E-state index contributed by atoms with van der Waals surface area (Å²) in [6.45, 7) is 5.76.